The predicted molar refractivity (Wildman–Crippen MR) is 75.8 cm³/mol. The molecule has 0 aliphatic rings. The van der Waals surface area contributed by atoms with E-state index in [2.05, 4.69) is 5.92 Å². The van der Waals surface area contributed by atoms with Crippen molar-refractivity contribution in [2.75, 3.05) is 32.1 Å². The number of anilines is 1. The largest absolute Gasteiger partial charge is 0.378 e. The molecule has 3 nitrogen and oxygen atoms in total. The number of carbonyl (C=O) groups excluding carboxylic acids is 1. The summed E-state index contributed by atoms with van der Waals surface area (Å²) >= 11 is 0. The van der Waals surface area contributed by atoms with Crippen LogP contribution in [0, 0.1) is 12.3 Å². The van der Waals surface area contributed by atoms with E-state index in [1.807, 2.05) is 50.2 Å². The summed E-state index contributed by atoms with van der Waals surface area (Å²) in [5, 5.41) is 0. The van der Waals surface area contributed by atoms with E-state index >= 15 is 0 Å². The highest BCUT2D eigenvalue weighted by atomic mass is 16.2. The highest BCUT2D eigenvalue weighted by Crippen LogP contribution is 2.15. The lowest BCUT2D eigenvalue weighted by atomic mass is 10.1. The molecule has 0 unspecified atom stereocenters. The van der Waals surface area contributed by atoms with Crippen molar-refractivity contribution in [3.8, 4) is 12.3 Å². The maximum absolute atomic E-state index is 12.3. The van der Waals surface area contributed by atoms with E-state index in [1.165, 1.54) is 0 Å². The van der Waals surface area contributed by atoms with Gasteiger partial charge in [-0.15, -0.1) is 6.42 Å². The molecule has 18 heavy (non-hydrogen) atoms. The van der Waals surface area contributed by atoms with Crippen LogP contribution in [0.3, 0.4) is 0 Å². The minimum atomic E-state index is -0.00139. The van der Waals surface area contributed by atoms with Crippen molar-refractivity contribution in [2.45, 2.75) is 13.3 Å². The number of nitrogens with zero attached hydrogens (tertiary/aromatic N) is 2. The fraction of sp³-hybridized carbons (Fsp3) is 0.400. The van der Waals surface area contributed by atoms with Crippen LogP contribution in [-0.4, -0.2) is 38.0 Å². The Kier molecular flexibility index (Phi) is 5.26. The Bertz CT molecular complexity index is 446. The van der Waals surface area contributed by atoms with Crippen LogP contribution in [0.25, 0.3) is 0 Å². The lowest BCUT2D eigenvalue weighted by molar-refractivity contribution is 0.0777. The molecule has 0 heterocycles. The third-order valence-electron chi connectivity index (χ3n) is 2.67. The Labute approximate surface area is 109 Å². The van der Waals surface area contributed by atoms with Crippen molar-refractivity contribution in [1.29, 1.82) is 0 Å². The van der Waals surface area contributed by atoms with Gasteiger partial charge in [0.15, 0.2) is 0 Å². The molecule has 0 fully saturated rings. The van der Waals surface area contributed by atoms with Crippen molar-refractivity contribution in [3.63, 3.8) is 0 Å². The van der Waals surface area contributed by atoms with E-state index < -0.39 is 0 Å². The molecule has 3 heteroatoms. The van der Waals surface area contributed by atoms with Gasteiger partial charge in [0.05, 0.1) is 6.54 Å². The number of terminal acetylenes is 1. The van der Waals surface area contributed by atoms with E-state index in [9.17, 15) is 4.79 Å². The fourth-order valence-corrected chi connectivity index (χ4v) is 1.73. The molecule has 1 rings (SSSR count). The standard InChI is InChI=1S/C15H20N2O/c1-5-10-17(11-6-2)15(18)13-8-7-9-14(12-13)16(3)4/h1,7-9,12H,6,10-11H2,2-4H3. The molecule has 0 bridgehead atoms. The number of carbonyl (C=O) groups is 1. The second-order valence-corrected chi connectivity index (χ2v) is 4.38. The zero-order chi connectivity index (χ0) is 13.5. The normalized spacial score (nSPS) is 9.67. The van der Waals surface area contributed by atoms with Crippen LogP contribution in [0.4, 0.5) is 5.69 Å². The zero-order valence-electron chi connectivity index (χ0n) is 11.3. The molecule has 0 atom stereocenters. The summed E-state index contributed by atoms with van der Waals surface area (Å²) in [6.45, 7) is 3.08. The van der Waals surface area contributed by atoms with Crippen LogP contribution >= 0.6 is 0 Å². The molecule has 0 aliphatic heterocycles. The number of hydrogen-bond acceptors (Lipinski definition) is 2. The molecule has 0 N–H and O–H groups in total. The predicted octanol–water partition coefficient (Wildman–Crippen LogP) is 2.24. The second-order valence-electron chi connectivity index (χ2n) is 4.38. The minimum Gasteiger partial charge on any atom is -0.378 e. The topological polar surface area (TPSA) is 23.6 Å². The molecule has 0 spiro atoms. The van der Waals surface area contributed by atoms with Crippen LogP contribution in [-0.2, 0) is 0 Å². The van der Waals surface area contributed by atoms with Crippen LogP contribution in [0.2, 0.25) is 0 Å². The first-order chi connectivity index (χ1) is 8.60. The SMILES string of the molecule is C#CCN(CCC)C(=O)c1cccc(N(C)C)c1. The number of benzene rings is 1. The monoisotopic (exact) mass is 244 g/mol. The van der Waals surface area contributed by atoms with Gasteiger partial charge in [-0.05, 0) is 24.6 Å². The summed E-state index contributed by atoms with van der Waals surface area (Å²) < 4.78 is 0. The van der Waals surface area contributed by atoms with Crippen molar-refractivity contribution < 1.29 is 4.79 Å². The fourth-order valence-electron chi connectivity index (χ4n) is 1.73. The Hall–Kier alpha value is -1.95. The molecular formula is C15H20N2O. The molecule has 0 saturated heterocycles. The van der Waals surface area contributed by atoms with Crippen LogP contribution in [0.1, 0.15) is 23.7 Å². The highest BCUT2D eigenvalue weighted by molar-refractivity contribution is 5.95. The molecule has 1 aromatic rings. The molecule has 96 valence electrons. The zero-order valence-corrected chi connectivity index (χ0v) is 11.3. The van der Waals surface area contributed by atoms with Crippen LogP contribution in [0.5, 0.6) is 0 Å². The van der Waals surface area contributed by atoms with E-state index in [0.717, 1.165) is 12.1 Å². The Morgan fingerprint density at radius 3 is 2.67 bits per heavy atom. The summed E-state index contributed by atoms with van der Waals surface area (Å²) in [6.07, 6.45) is 6.21. The Morgan fingerprint density at radius 2 is 2.11 bits per heavy atom. The van der Waals surface area contributed by atoms with Crippen molar-refractivity contribution in [1.82, 2.24) is 4.90 Å². The van der Waals surface area contributed by atoms with Gasteiger partial charge in [0.1, 0.15) is 0 Å². The van der Waals surface area contributed by atoms with Crippen LogP contribution < -0.4 is 4.90 Å². The number of rotatable bonds is 5. The maximum Gasteiger partial charge on any atom is 0.254 e. The van der Waals surface area contributed by atoms with Gasteiger partial charge in [0.25, 0.3) is 5.91 Å². The second kappa shape index (κ2) is 6.70. The molecule has 0 aromatic heterocycles. The summed E-state index contributed by atoms with van der Waals surface area (Å²) in [6, 6.07) is 7.58. The average molecular weight is 244 g/mol. The van der Waals surface area contributed by atoms with E-state index in [-0.39, 0.29) is 5.91 Å². The maximum atomic E-state index is 12.3. The Morgan fingerprint density at radius 1 is 1.39 bits per heavy atom. The first-order valence-electron chi connectivity index (χ1n) is 6.10. The summed E-state index contributed by atoms with van der Waals surface area (Å²) in [7, 11) is 3.91. The van der Waals surface area contributed by atoms with Crippen LogP contribution in [0.15, 0.2) is 24.3 Å². The van der Waals surface area contributed by atoms with Gasteiger partial charge in [0.2, 0.25) is 0 Å². The lowest BCUT2D eigenvalue weighted by Gasteiger charge is -2.20. The molecule has 1 aromatic carbocycles. The van der Waals surface area contributed by atoms with Gasteiger partial charge in [-0.2, -0.15) is 0 Å². The Balaban J connectivity index is 2.94. The molecule has 0 radical (unpaired) electrons. The van der Waals surface area contributed by atoms with Gasteiger partial charge >= 0.3 is 0 Å². The quantitative estimate of drug-likeness (QED) is 0.742. The average Bonchev–Trinajstić information content (AvgIpc) is 2.38. The molecule has 0 aliphatic carbocycles. The van der Waals surface area contributed by atoms with E-state index in [4.69, 9.17) is 6.42 Å². The smallest absolute Gasteiger partial charge is 0.254 e. The molecule has 1 amide bonds. The number of hydrogen-bond donors (Lipinski definition) is 0. The molecular weight excluding hydrogens is 224 g/mol. The van der Waals surface area contributed by atoms with Crippen molar-refractivity contribution in [2.24, 2.45) is 0 Å². The van der Waals surface area contributed by atoms with Gasteiger partial charge in [-0.25, -0.2) is 0 Å². The number of amides is 1. The van der Waals surface area contributed by atoms with Crippen molar-refractivity contribution in [3.05, 3.63) is 29.8 Å². The third kappa shape index (κ3) is 3.53. The van der Waals surface area contributed by atoms with Gasteiger partial charge in [-0.1, -0.05) is 18.9 Å². The first-order valence-corrected chi connectivity index (χ1v) is 6.10. The minimum absolute atomic E-state index is 0.00139. The van der Waals surface area contributed by atoms with Gasteiger partial charge < -0.3 is 9.80 Å². The molecule has 0 saturated carbocycles. The highest BCUT2D eigenvalue weighted by Gasteiger charge is 2.14. The third-order valence-corrected chi connectivity index (χ3v) is 2.67. The summed E-state index contributed by atoms with van der Waals surface area (Å²) in [5.74, 6) is 2.53. The van der Waals surface area contributed by atoms with Gasteiger partial charge in [0, 0.05) is 31.9 Å². The first kappa shape index (κ1) is 14.1. The van der Waals surface area contributed by atoms with Crippen molar-refractivity contribution >= 4 is 11.6 Å². The lowest BCUT2D eigenvalue weighted by Crippen LogP contribution is -2.32. The van der Waals surface area contributed by atoms with E-state index in [0.29, 0.717) is 18.7 Å². The van der Waals surface area contributed by atoms with E-state index in [1.54, 1.807) is 4.90 Å². The summed E-state index contributed by atoms with van der Waals surface area (Å²) in [4.78, 5) is 16.0. The van der Waals surface area contributed by atoms with Gasteiger partial charge in [-0.3, -0.25) is 4.79 Å². The summed E-state index contributed by atoms with van der Waals surface area (Å²) in [5.41, 5.74) is 1.70.